The highest BCUT2D eigenvalue weighted by Gasteiger charge is 2.35. The van der Waals surface area contributed by atoms with Gasteiger partial charge in [0.2, 0.25) is 27.6 Å². The summed E-state index contributed by atoms with van der Waals surface area (Å²) in [6, 6.07) is 9.57. The first-order chi connectivity index (χ1) is 16.7. The second-order valence-electron chi connectivity index (χ2n) is 8.07. The lowest BCUT2D eigenvalue weighted by molar-refractivity contribution is -0.120. The molecule has 4 rings (SSSR count). The zero-order valence-corrected chi connectivity index (χ0v) is 21.0. The normalized spacial score (nSPS) is 16.6. The molecule has 1 unspecified atom stereocenters. The van der Waals surface area contributed by atoms with Crippen LogP contribution < -0.4 is 14.8 Å². The molecular formula is C23H25ClN4O6S. The van der Waals surface area contributed by atoms with E-state index in [2.05, 4.69) is 15.5 Å². The van der Waals surface area contributed by atoms with Crippen molar-refractivity contribution < 1.29 is 27.2 Å². The molecule has 0 aliphatic carbocycles. The van der Waals surface area contributed by atoms with E-state index in [1.807, 2.05) is 0 Å². The Bertz CT molecular complexity index is 1320. The summed E-state index contributed by atoms with van der Waals surface area (Å²) in [5, 5.41) is 6.76. The van der Waals surface area contributed by atoms with Gasteiger partial charge < -0.3 is 19.3 Å². The molecule has 1 atom stereocenters. The maximum atomic E-state index is 13.5. The third kappa shape index (κ3) is 5.42. The van der Waals surface area contributed by atoms with Crippen LogP contribution in [0.4, 0.5) is 5.69 Å². The van der Waals surface area contributed by atoms with Crippen LogP contribution in [0.15, 0.2) is 45.8 Å². The first kappa shape index (κ1) is 25.0. The van der Waals surface area contributed by atoms with Gasteiger partial charge >= 0.3 is 0 Å². The van der Waals surface area contributed by atoms with E-state index in [1.165, 1.54) is 30.7 Å². The molecule has 0 saturated carbocycles. The summed E-state index contributed by atoms with van der Waals surface area (Å²) in [5.74, 6) is 0.843. The minimum Gasteiger partial charge on any atom is -0.497 e. The van der Waals surface area contributed by atoms with Crippen molar-refractivity contribution in [3.8, 4) is 22.9 Å². The van der Waals surface area contributed by atoms with Crippen molar-refractivity contribution in [2.75, 3.05) is 32.6 Å². The lowest BCUT2D eigenvalue weighted by Crippen LogP contribution is -2.43. The number of ether oxygens (including phenoxy) is 2. The third-order valence-electron chi connectivity index (χ3n) is 5.71. The molecule has 3 aromatic rings. The molecule has 1 aliphatic heterocycles. The standard InChI is InChI=1S/C23H25ClN4O6S/c1-14-25-22(27-34-14)15-6-7-20(24)21(9-15)35(30,31)28-8-4-5-16(13-28)23(29)26-17-10-18(32-2)12-19(11-17)33-3/h6-7,9-12,16H,4-5,8,13H2,1-3H3,(H,26,29). The fourth-order valence-corrected chi connectivity index (χ4v) is 5.92. The molecule has 1 amide bonds. The Morgan fingerprint density at radius 1 is 1.17 bits per heavy atom. The number of halogens is 1. The number of nitrogens with zero attached hydrogens (tertiary/aromatic N) is 3. The van der Waals surface area contributed by atoms with E-state index in [9.17, 15) is 13.2 Å². The van der Waals surface area contributed by atoms with Gasteiger partial charge in [0, 0.05) is 49.5 Å². The fraction of sp³-hybridized carbons (Fsp3) is 0.348. The number of hydrogen-bond acceptors (Lipinski definition) is 8. The summed E-state index contributed by atoms with van der Waals surface area (Å²) in [6.45, 7) is 1.95. The Morgan fingerprint density at radius 2 is 1.89 bits per heavy atom. The van der Waals surface area contributed by atoms with Crippen LogP contribution in [-0.2, 0) is 14.8 Å². The summed E-state index contributed by atoms with van der Waals surface area (Å²) in [4.78, 5) is 17.1. The van der Waals surface area contributed by atoms with Crippen molar-refractivity contribution in [2.24, 2.45) is 5.92 Å². The van der Waals surface area contributed by atoms with E-state index >= 15 is 0 Å². The van der Waals surface area contributed by atoms with Gasteiger partial charge in [-0.2, -0.15) is 9.29 Å². The number of carbonyl (C=O) groups is 1. The SMILES string of the molecule is COc1cc(NC(=O)C2CCCN(S(=O)(=O)c3cc(-c4noc(C)n4)ccc3Cl)C2)cc(OC)c1. The maximum absolute atomic E-state index is 13.5. The number of sulfonamides is 1. The molecule has 35 heavy (non-hydrogen) atoms. The number of hydrogen-bond donors (Lipinski definition) is 1. The molecule has 1 aliphatic rings. The Morgan fingerprint density at radius 3 is 2.51 bits per heavy atom. The highest BCUT2D eigenvalue weighted by molar-refractivity contribution is 7.89. The van der Waals surface area contributed by atoms with Crippen molar-refractivity contribution in [3.63, 3.8) is 0 Å². The van der Waals surface area contributed by atoms with Crippen LogP contribution in [0.2, 0.25) is 5.02 Å². The zero-order chi connectivity index (χ0) is 25.2. The van der Waals surface area contributed by atoms with E-state index in [4.69, 9.17) is 25.6 Å². The van der Waals surface area contributed by atoms with Gasteiger partial charge in [-0.05, 0) is 31.0 Å². The van der Waals surface area contributed by atoms with Gasteiger partial charge in [0.25, 0.3) is 0 Å². The Kier molecular flexibility index (Phi) is 7.29. The van der Waals surface area contributed by atoms with Crippen LogP contribution in [0.1, 0.15) is 18.7 Å². The number of benzene rings is 2. The molecule has 0 radical (unpaired) electrons. The molecule has 1 saturated heterocycles. The molecule has 1 aromatic heterocycles. The average molecular weight is 521 g/mol. The predicted octanol–water partition coefficient (Wildman–Crippen LogP) is 3.76. The number of piperidine rings is 1. The van der Waals surface area contributed by atoms with E-state index in [1.54, 1.807) is 31.2 Å². The minimum absolute atomic E-state index is 0.0249. The van der Waals surface area contributed by atoms with Crippen LogP contribution in [0, 0.1) is 12.8 Å². The molecule has 186 valence electrons. The van der Waals surface area contributed by atoms with Gasteiger partial charge in [0.05, 0.1) is 25.2 Å². The third-order valence-corrected chi connectivity index (χ3v) is 8.06. The van der Waals surface area contributed by atoms with Gasteiger partial charge in [-0.25, -0.2) is 8.42 Å². The molecule has 1 N–H and O–H groups in total. The number of nitrogens with one attached hydrogen (secondary N) is 1. The van der Waals surface area contributed by atoms with Gasteiger partial charge in [-0.1, -0.05) is 16.8 Å². The smallest absolute Gasteiger partial charge is 0.244 e. The van der Waals surface area contributed by atoms with E-state index < -0.39 is 15.9 Å². The average Bonchev–Trinajstić information content (AvgIpc) is 3.30. The van der Waals surface area contributed by atoms with E-state index in [0.717, 1.165) is 0 Å². The molecule has 2 aromatic carbocycles. The largest absolute Gasteiger partial charge is 0.497 e. The van der Waals surface area contributed by atoms with Crippen molar-refractivity contribution in [3.05, 3.63) is 47.3 Å². The van der Waals surface area contributed by atoms with Crippen molar-refractivity contribution >= 4 is 33.2 Å². The van der Waals surface area contributed by atoms with Crippen LogP contribution in [0.25, 0.3) is 11.4 Å². The molecule has 10 nitrogen and oxygen atoms in total. The van der Waals surface area contributed by atoms with Crippen LogP contribution in [0.5, 0.6) is 11.5 Å². The van der Waals surface area contributed by atoms with Crippen LogP contribution in [-0.4, -0.2) is 56.1 Å². The van der Waals surface area contributed by atoms with Gasteiger partial charge in [-0.15, -0.1) is 0 Å². The molecule has 0 bridgehead atoms. The highest BCUT2D eigenvalue weighted by Crippen LogP contribution is 2.32. The molecule has 12 heteroatoms. The molecular weight excluding hydrogens is 496 g/mol. The van der Waals surface area contributed by atoms with Gasteiger partial charge in [0.1, 0.15) is 16.4 Å². The summed E-state index contributed by atoms with van der Waals surface area (Å²) in [5.41, 5.74) is 0.959. The van der Waals surface area contributed by atoms with Crippen molar-refractivity contribution in [1.82, 2.24) is 14.4 Å². The van der Waals surface area contributed by atoms with Crippen molar-refractivity contribution in [2.45, 2.75) is 24.7 Å². The number of methoxy groups -OCH3 is 2. The predicted molar refractivity (Wildman–Crippen MR) is 129 cm³/mol. The lowest BCUT2D eigenvalue weighted by Gasteiger charge is -2.31. The van der Waals surface area contributed by atoms with Crippen LogP contribution in [0.3, 0.4) is 0 Å². The summed E-state index contributed by atoms with van der Waals surface area (Å²) >= 11 is 6.28. The van der Waals surface area contributed by atoms with Gasteiger partial charge in [-0.3, -0.25) is 4.79 Å². The minimum atomic E-state index is -3.98. The summed E-state index contributed by atoms with van der Waals surface area (Å²) in [7, 11) is -0.946. The topological polar surface area (TPSA) is 124 Å². The van der Waals surface area contributed by atoms with Crippen molar-refractivity contribution in [1.29, 1.82) is 0 Å². The Hall–Kier alpha value is -3.15. The maximum Gasteiger partial charge on any atom is 0.244 e. The highest BCUT2D eigenvalue weighted by atomic mass is 35.5. The number of carbonyl (C=O) groups excluding carboxylic acids is 1. The Labute approximate surface area is 208 Å². The number of aromatic nitrogens is 2. The van der Waals surface area contributed by atoms with E-state index in [0.29, 0.717) is 41.5 Å². The number of anilines is 1. The molecule has 1 fully saturated rings. The summed E-state index contributed by atoms with van der Waals surface area (Å²) in [6.07, 6.45) is 1.08. The molecule has 2 heterocycles. The summed E-state index contributed by atoms with van der Waals surface area (Å²) < 4.78 is 43.8. The monoisotopic (exact) mass is 520 g/mol. The lowest BCUT2D eigenvalue weighted by atomic mass is 9.98. The Balaban J connectivity index is 1.54. The van der Waals surface area contributed by atoms with Gasteiger partial charge in [0.15, 0.2) is 0 Å². The number of rotatable bonds is 7. The van der Waals surface area contributed by atoms with E-state index in [-0.39, 0.29) is 34.7 Å². The second kappa shape index (κ2) is 10.2. The number of aryl methyl sites for hydroxylation is 1. The van der Waals surface area contributed by atoms with Crippen LogP contribution >= 0.6 is 11.6 Å². The quantitative estimate of drug-likeness (QED) is 0.499. The molecule has 0 spiro atoms. The fourth-order valence-electron chi connectivity index (χ4n) is 3.89. The number of amides is 1. The first-order valence-corrected chi connectivity index (χ1v) is 12.7. The second-order valence-corrected chi connectivity index (χ2v) is 10.4. The first-order valence-electron chi connectivity index (χ1n) is 10.9. The zero-order valence-electron chi connectivity index (χ0n) is 19.4.